The predicted octanol–water partition coefficient (Wildman–Crippen LogP) is 2.29. The Hall–Kier alpha value is -1.10. The maximum atomic E-state index is 9.34. The quantitative estimate of drug-likeness (QED) is 0.927. The van der Waals surface area contributed by atoms with Crippen molar-refractivity contribution in [2.45, 2.75) is 31.4 Å². The summed E-state index contributed by atoms with van der Waals surface area (Å²) in [6.07, 6.45) is 3.14. The molecule has 4 nitrogen and oxygen atoms in total. The van der Waals surface area contributed by atoms with Crippen molar-refractivity contribution in [2.24, 2.45) is 5.16 Å². The number of hydrogen-bond acceptors (Lipinski definition) is 4. The lowest BCUT2D eigenvalue weighted by Gasteiger charge is -2.24. The second-order valence-corrected chi connectivity index (χ2v) is 5.89. The van der Waals surface area contributed by atoms with Crippen LogP contribution in [0.5, 0.6) is 0 Å². The van der Waals surface area contributed by atoms with Gasteiger partial charge >= 0.3 is 0 Å². The number of likely N-dealkylation sites (tertiary alicyclic amines) is 1. The third-order valence-corrected chi connectivity index (χ3v) is 4.31. The summed E-state index contributed by atoms with van der Waals surface area (Å²) in [4.78, 5) is 7.85. The van der Waals surface area contributed by atoms with Crippen LogP contribution in [0.4, 0.5) is 0 Å². The molecule has 2 atom stereocenters. The van der Waals surface area contributed by atoms with Gasteiger partial charge in [0.05, 0.1) is 12.3 Å². The molecular formula is C15H19ClN2O2. The van der Waals surface area contributed by atoms with Crippen LogP contribution in [-0.2, 0) is 4.84 Å². The highest BCUT2D eigenvalue weighted by Crippen LogP contribution is 2.23. The number of rotatable bonds is 4. The van der Waals surface area contributed by atoms with Crippen molar-refractivity contribution in [1.82, 2.24) is 4.90 Å². The Morgan fingerprint density at radius 3 is 2.90 bits per heavy atom. The topological polar surface area (TPSA) is 45.1 Å². The Labute approximate surface area is 124 Å². The maximum Gasteiger partial charge on any atom is 0.145 e. The summed E-state index contributed by atoms with van der Waals surface area (Å²) >= 11 is 5.89. The second kappa shape index (κ2) is 6.12. The number of hydrogen-bond donors (Lipinski definition) is 1. The predicted molar refractivity (Wildman–Crippen MR) is 79.2 cm³/mol. The van der Waals surface area contributed by atoms with E-state index < -0.39 is 0 Å². The number of aliphatic hydroxyl groups is 1. The maximum absolute atomic E-state index is 9.34. The Morgan fingerprint density at radius 1 is 1.35 bits per heavy atom. The molecule has 0 aromatic heterocycles. The van der Waals surface area contributed by atoms with E-state index in [4.69, 9.17) is 16.4 Å². The van der Waals surface area contributed by atoms with Crippen molar-refractivity contribution >= 4 is 17.3 Å². The minimum atomic E-state index is 0.0906. The summed E-state index contributed by atoms with van der Waals surface area (Å²) in [6, 6.07) is 7.97. The average molecular weight is 295 g/mol. The highest BCUT2D eigenvalue weighted by atomic mass is 35.5. The molecule has 0 aliphatic carbocycles. The van der Waals surface area contributed by atoms with E-state index in [1.165, 1.54) is 0 Å². The molecule has 108 valence electrons. The molecule has 5 heteroatoms. The fourth-order valence-electron chi connectivity index (χ4n) is 2.94. The molecule has 20 heavy (non-hydrogen) atoms. The summed E-state index contributed by atoms with van der Waals surface area (Å²) in [5, 5.41) is 14.3. The monoisotopic (exact) mass is 294 g/mol. The molecule has 2 aliphatic rings. The summed E-state index contributed by atoms with van der Waals surface area (Å²) in [7, 11) is 0. The van der Waals surface area contributed by atoms with E-state index in [1.807, 2.05) is 24.3 Å². The SMILES string of the molecule is OCC1CCCN1CC1CC(c2ccc(Cl)cc2)=NO1. The largest absolute Gasteiger partial charge is 0.395 e. The molecule has 1 saturated heterocycles. The molecule has 2 aliphatic heterocycles. The molecule has 0 amide bonds. The van der Waals surface area contributed by atoms with Gasteiger partial charge in [-0.1, -0.05) is 28.9 Å². The van der Waals surface area contributed by atoms with Gasteiger partial charge < -0.3 is 9.94 Å². The van der Waals surface area contributed by atoms with Gasteiger partial charge in [0.15, 0.2) is 0 Å². The van der Waals surface area contributed by atoms with E-state index in [0.717, 1.165) is 48.6 Å². The lowest BCUT2D eigenvalue weighted by molar-refractivity contribution is 0.0407. The molecule has 0 radical (unpaired) electrons. The molecule has 0 bridgehead atoms. The van der Waals surface area contributed by atoms with Crippen molar-refractivity contribution in [3.63, 3.8) is 0 Å². The molecule has 1 aromatic rings. The summed E-state index contributed by atoms with van der Waals surface area (Å²) in [5.74, 6) is 0. The highest BCUT2D eigenvalue weighted by Gasteiger charge is 2.30. The van der Waals surface area contributed by atoms with E-state index in [1.54, 1.807) is 0 Å². The molecule has 1 aromatic carbocycles. The number of halogens is 1. The smallest absolute Gasteiger partial charge is 0.145 e. The molecule has 0 spiro atoms. The molecule has 3 rings (SSSR count). The minimum Gasteiger partial charge on any atom is -0.395 e. The van der Waals surface area contributed by atoms with E-state index >= 15 is 0 Å². The highest BCUT2D eigenvalue weighted by molar-refractivity contribution is 6.30. The molecule has 0 saturated carbocycles. The molecular weight excluding hydrogens is 276 g/mol. The first-order valence-corrected chi connectivity index (χ1v) is 7.47. The van der Waals surface area contributed by atoms with Crippen molar-refractivity contribution in [2.75, 3.05) is 19.7 Å². The van der Waals surface area contributed by atoms with Crippen LogP contribution in [0.15, 0.2) is 29.4 Å². The van der Waals surface area contributed by atoms with Crippen molar-refractivity contribution in [3.8, 4) is 0 Å². The third kappa shape index (κ3) is 2.97. The van der Waals surface area contributed by atoms with Crippen LogP contribution in [-0.4, -0.2) is 47.6 Å². The minimum absolute atomic E-state index is 0.0906. The number of benzene rings is 1. The van der Waals surface area contributed by atoms with Gasteiger partial charge in [-0.15, -0.1) is 0 Å². The van der Waals surface area contributed by atoms with Gasteiger partial charge in [-0.3, -0.25) is 4.90 Å². The van der Waals surface area contributed by atoms with Crippen molar-refractivity contribution < 1.29 is 9.94 Å². The van der Waals surface area contributed by atoms with Crippen molar-refractivity contribution in [1.29, 1.82) is 0 Å². The normalized spacial score (nSPS) is 26.6. The van der Waals surface area contributed by atoms with E-state index in [2.05, 4.69) is 10.1 Å². The lowest BCUT2D eigenvalue weighted by Crippen LogP contribution is -2.38. The Bertz CT molecular complexity index is 489. The van der Waals surface area contributed by atoms with Crippen LogP contribution in [0.3, 0.4) is 0 Å². The van der Waals surface area contributed by atoms with Crippen LogP contribution >= 0.6 is 11.6 Å². The summed E-state index contributed by atoms with van der Waals surface area (Å²) in [6.45, 7) is 2.12. The van der Waals surface area contributed by atoms with Crippen LogP contribution in [0, 0.1) is 0 Å². The van der Waals surface area contributed by atoms with Gasteiger partial charge in [0.2, 0.25) is 0 Å². The number of oxime groups is 1. The standard InChI is InChI=1S/C15H19ClN2O2/c16-12-5-3-11(4-6-12)15-8-14(20-17-15)9-18-7-1-2-13(18)10-19/h3-6,13-14,19H,1-2,7-10H2. The Kier molecular flexibility index (Phi) is 4.24. The fraction of sp³-hybridized carbons (Fsp3) is 0.533. The van der Waals surface area contributed by atoms with Crippen LogP contribution < -0.4 is 0 Å². The van der Waals surface area contributed by atoms with Gasteiger partial charge in [-0.25, -0.2) is 0 Å². The van der Waals surface area contributed by atoms with Gasteiger partial charge in [0.1, 0.15) is 6.10 Å². The zero-order valence-corrected chi connectivity index (χ0v) is 12.1. The average Bonchev–Trinajstić information content (AvgIpc) is 3.09. The molecule has 2 heterocycles. The zero-order chi connectivity index (χ0) is 13.9. The first kappa shape index (κ1) is 13.9. The van der Waals surface area contributed by atoms with E-state index in [9.17, 15) is 5.11 Å². The summed E-state index contributed by atoms with van der Waals surface area (Å²) < 4.78 is 0. The Balaban J connectivity index is 1.57. The van der Waals surface area contributed by atoms with Crippen LogP contribution in [0.25, 0.3) is 0 Å². The van der Waals surface area contributed by atoms with Crippen molar-refractivity contribution in [3.05, 3.63) is 34.9 Å². The van der Waals surface area contributed by atoms with Gasteiger partial charge in [-0.05, 0) is 37.1 Å². The lowest BCUT2D eigenvalue weighted by atomic mass is 10.0. The van der Waals surface area contributed by atoms with Gasteiger partial charge in [0.25, 0.3) is 0 Å². The number of nitrogens with zero attached hydrogens (tertiary/aromatic N) is 2. The summed E-state index contributed by atoms with van der Waals surface area (Å²) in [5.41, 5.74) is 2.04. The van der Waals surface area contributed by atoms with Crippen LogP contribution in [0.2, 0.25) is 5.02 Å². The first-order chi connectivity index (χ1) is 9.76. The molecule has 2 unspecified atom stereocenters. The fourth-order valence-corrected chi connectivity index (χ4v) is 3.07. The zero-order valence-electron chi connectivity index (χ0n) is 11.3. The molecule has 1 fully saturated rings. The van der Waals surface area contributed by atoms with Gasteiger partial charge in [-0.2, -0.15) is 0 Å². The number of aliphatic hydroxyl groups excluding tert-OH is 1. The Morgan fingerprint density at radius 2 is 2.15 bits per heavy atom. The van der Waals surface area contributed by atoms with E-state index in [0.29, 0.717) is 0 Å². The van der Waals surface area contributed by atoms with E-state index in [-0.39, 0.29) is 18.8 Å². The third-order valence-electron chi connectivity index (χ3n) is 4.06. The van der Waals surface area contributed by atoms with Gasteiger partial charge in [0, 0.05) is 24.0 Å². The molecule has 1 N–H and O–H groups in total. The second-order valence-electron chi connectivity index (χ2n) is 5.45. The van der Waals surface area contributed by atoms with Crippen LogP contribution in [0.1, 0.15) is 24.8 Å². The first-order valence-electron chi connectivity index (χ1n) is 7.10.